The van der Waals surface area contributed by atoms with Crippen molar-refractivity contribution in [3.8, 4) is 0 Å². The molecule has 0 spiro atoms. The van der Waals surface area contributed by atoms with E-state index < -0.39 is 8.07 Å². The molecule has 0 aliphatic carbocycles. The Hall–Kier alpha value is -0.273. The average molecular weight is 297 g/mol. The molecule has 0 radical (unpaired) electrons. The van der Waals surface area contributed by atoms with Gasteiger partial charge in [-0.3, -0.25) is 0 Å². The molecule has 108 valence electrons. The van der Waals surface area contributed by atoms with E-state index >= 15 is 0 Å². The highest BCUT2D eigenvalue weighted by Gasteiger charge is 2.24. The maximum atomic E-state index is 6.01. The third-order valence-electron chi connectivity index (χ3n) is 3.99. The summed E-state index contributed by atoms with van der Waals surface area (Å²) in [6, 6.07) is 2.49. The minimum Gasteiger partial charge on any atom is -0.126 e. The van der Waals surface area contributed by atoms with Crippen LogP contribution in [-0.2, 0) is 25.7 Å². The van der Waals surface area contributed by atoms with Crippen molar-refractivity contribution in [3.63, 3.8) is 0 Å². The first-order valence-electron chi connectivity index (χ1n) is 7.63. The van der Waals surface area contributed by atoms with Crippen molar-refractivity contribution < 1.29 is 0 Å². The number of rotatable bonds is 6. The summed E-state index contributed by atoms with van der Waals surface area (Å²) in [7, 11) is -1.29. The molecule has 0 N–H and O–H groups in total. The lowest BCUT2D eigenvalue weighted by molar-refractivity contribution is 0.952. The zero-order valence-electron chi connectivity index (χ0n) is 13.5. The number of halogens is 1. The molecule has 1 aromatic rings. The Morgan fingerprint density at radius 3 is 1.79 bits per heavy atom. The Balaban J connectivity index is 3.61. The van der Waals surface area contributed by atoms with E-state index in [-0.39, 0.29) is 0 Å². The van der Waals surface area contributed by atoms with E-state index in [1.807, 2.05) is 0 Å². The summed E-state index contributed by atoms with van der Waals surface area (Å²) in [5.41, 5.74) is 6.33. The van der Waals surface area contributed by atoms with Gasteiger partial charge in [0, 0.05) is 5.88 Å². The molecular weight excluding hydrogens is 268 g/mol. The summed E-state index contributed by atoms with van der Waals surface area (Å²) in [6.45, 7) is 14.2. The normalized spacial score (nSPS) is 11.9. The van der Waals surface area contributed by atoms with Gasteiger partial charge in [-0.2, -0.15) is 0 Å². The topological polar surface area (TPSA) is 0 Å². The standard InChI is InChI=1S/C17H29ClSi/c1-7-14-13(10-11-18)12-17(19(4,5)6)16(9-3)15(14)8-2/h12H,7-11H2,1-6H3. The Bertz CT molecular complexity index is 430. The summed E-state index contributed by atoms with van der Waals surface area (Å²) < 4.78 is 0. The number of alkyl halides is 1. The van der Waals surface area contributed by atoms with Crippen LogP contribution in [-0.4, -0.2) is 14.0 Å². The number of aryl methyl sites for hydroxylation is 1. The van der Waals surface area contributed by atoms with E-state index in [9.17, 15) is 0 Å². The number of benzene rings is 1. The lowest BCUT2D eigenvalue weighted by atomic mass is 9.90. The third kappa shape index (κ3) is 3.64. The van der Waals surface area contributed by atoms with Gasteiger partial charge in [0.15, 0.2) is 0 Å². The van der Waals surface area contributed by atoms with Crippen LogP contribution in [0.1, 0.15) is 43.0 Å². The van der Waals surface area contributed by atoms with Crippen molar-refractivity contribution in [2.75, 3.05) is 5.88 Å². The van der Waals surface area contributed by atoms with Crippen LogP contribution in [0, 0.1) is 0 Å². The fourth-order valence-corrected chi connectivity index (χ4v) is 5.20. The van der Waals surface area contributed by atoms with Gasteiger partial charge in [0.05, 0.1) is 8.07 Å². The maximum absolute atomic E-state index is 6.01. The van der Waals surface area contributed by atoms with Gasteiger partial charge in [-0.25, -0.2) is 0 Å². The molecule has 0 aromatic heterocycles. The monoisotopic (exact) mass is 296 g/mol. The van der Waals surface area contributed by atoms with Crippen LogP contribution >= 0.6 is 11.6 Å². The number of hydrogen-bond acceptors (Lipinski definition) is 0. The van der Waals surface area contributed by atoms with Crippen molar-refractivity contribution in [1.82, 2.24) is 0 Å². The second kappa shape index (κ2) is 6.94. The molecule has 1 rings (SSSR count). The molecule has 0 bridgehead atoms. The van der Waals surface area contributed by atoms with E-state index in [0.29, 0.717) is 0 Å². The quantitative estimate of drug-likeness (QED) is 0.527. The third-order valence-corrected chi connectivity index (χ3v) is 6.24. The lowest BCUT2D eigenvalue weighted by Gasteiger charge is -2.27. The summed E-state index contributed by atoms with van der Waals surface area (Å²) in [5.74, 6) is 0.729. The second-order valence-corrected chi connectivity index (χ2v) is 11.7. The molecule has 1 aromatic carbocycles. The van der Waals surface area contributed by atoms with Crippen LogP contribution in [0.3, 0.4) is 0 Å². The summed E-state index contributed by atoms with van der Waals surface area (Å²) in [5, 5.41) is 1.66. The van der Waals surface area contributed by atoms with Gasteiger partial charge in [0.25, 0.3) is 0 Å². The highest BCUT2D eigenvalue weighted by molar-refractivity contribution is 6.89. The Labute approximate surface area is 125 Å². The van der Waals surface area contributed by atoms with Crippen molar-refractivity contribution >= 4 is 24.9 Å². The fraction of sp³-hybridized carbons (Fsp3) is 0.647. The molecule has 0 aliphatic heterocycles. The predicted molar refractivity (Wildman–Crippen MR) is 92.0 cm³/mol. The van der Waals surface area contributed by atoms with Crippen molar-refractivity contribution in [3.05, 3.63) is 28.3 Å². The van der Waals surface area contributed by atoms with Crippen LogP contribution in [0.4, 0.5) is 0 Å². The molecule has 19 heavy (non-hydrogen) atoms. The van der Waals surface area contributed by atoms with Gasteiger partial charge in [-0.15, -0.1) is 11.6 Å². The summed E-state index contributed by atoms with van der Waals surface area (Å²) in [6.07, 6.45) is 4.46. The first-order valence-corrected chi connectivity index (χ1v) is 11.7. The minimum atomic E-state index is -1.29. The van der Waals surface area contributed by atoms with Gasteiger partial charge in [0.2, 0.25) is 0 Å². The zero-order chi connectivity index (χ0) is 14.6. The van der Waals surface area contributed by atoms with E-state index in [0.717, 1.165) is 31.6 Å². The fourth-order valence-electron chi connectivity index (χ4n) is 3.15. The molecule has 0 saturated carbocycles. The molecule has 0 atom stereocenters. The van der Waals surface area contributed by atoms with Crippen LogP contribution < -0.4 is 5.19 Å². The van der Waals surface area contributed by atoms with Gasteiger partial charge < -0.3 is 0 Å². The van der Waals surface area contributed by atoms with Crippen LogP contribution in [0.5, 0.6) is 0 Å². The van der Waals surface area contributed by atoms with E-state index in [1.165, 1.54) is 5.56 Å². The molecule has 0 heterocycles. The van der Waals surface area contributed by atoms with Gasteiger partial charge in [-0.1, -0.05) is 51.7 Å². The molecular formula is C17H29ClSi. The van der Waals surface area contributed by atoms with Crippen LogP contribution in [0.15, 0.2) is 6.07 Å². The van der Waals surface area contributed by atoms with E-state index in [4.69, 9.17) is 11.6 Å². The predicted octanol–water partition coefficient (Wildman–Crippen LogP) is 4.70. The lowest BCUT2D eigenvalue weighted by Crippen LogP contribution is -2.41. The molecule has 0 aliphatic rings. The molecule has 0 unspecified atom stereocenters. The summed E-state index contributed by atoms with van der Waals surface area (Å²) >= 11 is 6.01. The zero-order valence-corrected chi connectivity index (χ0v) is 15.2. The first kappa shape index (κ1) is 16.8. The highest BCUT2D eigenvalue weighted by Crippen LogP contribution is 2.24. The SMILES string of the molecule is CCc1c(CCCl)cc([Si](C)(C)C)c(CC)c1CC. The summed E-state index contributed by atoms with van der Waals surface area (Å²) in [4.78, 5) is 0. The van der Waals surface area contributed by atoms with Gasteiger partial charge in [-0.05, 0) is 47.9 Å². The Morgan fingerprint density at radius 2 is 1.42 bits per heavy atom. The minimum absolute atomic E-state index is 0.729. The first-order chi connectivity index (χ1) is 8.90. The molecule has 0 nitrogen and oxygen atoms in total. The Morgan fingerprint density at radius 1 is 0.895 bits per heavy atom. The van der Waals surface area contributed by atoms with Crippen molar-refractivity contribution in [1.29, 1.82) is 0 Å². The molecule has 0 amide bonds. The Kier molecular flexibility index (Phi) is 6.13. The number of hydrogen-bond donors (Lipinski definition) is 0. The van der Waals surface area contributed by atoms with Crippen LogP contribution in [0.25, 0.3) is 0 Å². The van der Waals surface area contributed by atoms with Gasteiger partial charge >= 0.3 is 0 Å². The van der Waals surface area contributed by atoms with Gasteiger partial charge in [0.1, 0.15) is 0 Å². The second-order valence-electron chi connectivity index (χ2n) is 6.27. The largest absolute Gasteiger partial charge is 0.126 e. The maximum Gasteiger partial charge on any atom is 0.0779 e. The van der Waals surface area contributed by atoms with E-state index in [2.05, 4.69) is 46.5 Å². The smallest absolute Gasteiger partial charge is 0.0779 e. The molecule has 0 fully saturated rings. The average Bonchev–Trinajstić information content (AvgIpc) is 2.36. The molecule has 2 heteroatoms. The van der Waals surface area contributed by atoms with Crippen molar-refractivity contribution in [2.45, 2.75) is 66.1 Å². The van der Waals surface area contributed by atoms with Crippen LogP contribution in [0.2, 0.25) is 19.6 Å². The van der Waals surface area contributed by atoms with Crippen molar-refractivity contribution in [2.24, 2.45) is 0 Å². The highest BCUT2D eigenvalue weighted by atomic mass is 35.5. The van der Waals surface area contributed by atoms with E-state index in [1.54, 1.807) is 21.9 Å². The molecule has 0 saturated heterocycles.